The summed E-state index contributed by atoms with van der Waals surface area (Å²) < 4.78 is 31.2. The molecule has 0 radical (unpaired) electrons. The van der Waals surface area contributed by atoms with Gasteiger partial charge in [0.15, 0.2) is 0 Å². The van der Waals surface area contributed by atoms with E-state index in [0.29, 0.717) is 29.0 Å². The number of carbonyl (C=O) groups excluding carboxylic acids is 2. The Kier molecular flexibility index (Phi) is 9.31. The van der Waals surface area contributed by atoms with Crippen molar-refractivity contribution in [2.24, 2.45) is 5.10 Å². The SMILES string of the molecule is CCOC(=O)C(C1=NN(c2ccc(NS(C)(=O)=O)cc2)C(=O)C1=CNc1ccccc1CC)c1cccc(N)c1CC. The molecule has 0 fully saturated rings. The number of nitrogen functional groups attached to an aromatic ring is 1. The lowest BCUT2D eigenvalue weighted by atomic mass is 9.85. The van der Waals surface area contributed by atoms with Gasteiger partial charge >= 0.3 is 5.97 Å². The number of sulfonamides is 1. The summed E-state index contributed by atoms with van der Waals surface area (Å²) in [5, 5.41) is 9.12. The number of nitrogens with one attached hydrogen (secondary N) is 2. The molecule has 0 aromatic heterocycles. The minimum absolute atomic E-state index is 0.139. The van der Waals surface area contributed by atoms with E-state index >= 15 is 0 Å². The van der Waals surface area contributed by atoms with Gasteiger partial charge in [-0.25, -0.2) is 8.42 Å². The lowest BCUT2D eigenvalue weighted by molar-refractivity contribution is -0.143. The Labute approximate surface area is 246 Å². The molecule has 0 bridgehead atoms. The standard InChI is InChI=1S/C31H35N5O5S/c1-5-20-11-8-9-14-27(20)33-19-25-29(28(31(38)41-7-3)24-12-10-13-26(32)23(24)6-2)34-36(30(25)37)22-17-15-21(16-18-22)35-42(4,39)40/h8-19,28,33,35H,5-7,32H2,1-4H3. The van der Waals surface area contributed by atoms with Crippen LogP contribution < -0.4 is 20.8 Å². The Bertz CT molecular complexity index is 1650. The van der Waals surface area contributed by atoms with Gasteiger partial charge in [-0.1, -0.05) is 44.2 Å². The van der Waals surface area contributed by atoms with E-state index in [9.17, 15) is 18.0 Å². The predicted molar refractivity (Wildman–Crippen MR) is 167 cm³/mol. The van der Waals surface area contributed by atoms with Gasteiger partial charge in [0, 0.05) is 23.3 Å². The summed E-state index contributed by atoms with van der Waals surface area (Å²) in [5.74, 6) is -2.05. The fraction of sp³-hybridized carbons (Fsp3) is 0.258. The number of benzene rings is 3. The lowest BCUT2D eigenvalue weighted by Gasteiger charge is -2.20. The molecular formula is C31H35N5O5S. The number of ether oxygens (including phenoxy) is 1. The van der Waals surface area contributed by atoms with Crippen molar-refractivity contribution in [2.45, 2.75) is 39.5 Å². The van der Waals surface area contributed by atoms with Crippen LogP contribution in [0.1, 0.15) is 43.4 Å². The van der Waals surface area contributed by atoms with E-state index in [-0.39, 0.29) is 17.9 Å². The topological polar surface area (TPSA) is 143 Å². The third kappa shape index (κ3) is 6.63. The van der Waals surface area contributed by atoms with Gasteiger partial charge in [0.1, 0.15) is 5.92 Å². The fourth-order valence-electron chi connectivity index (χ4n) is 4.87. The van der Waals surface area contributed by atoms with E-state index in [2.05, 4.69) is 15.1 Å². The first-order valence-electron chi connectivity index (χ1n) is 13.7. The van der Waals surface area contributed by atoms with Crippen molar-refractivity contribution in [2.75, 3.05) is 33.6 Å². The summed E-state index contributed by atoms with van der Waals surface area (Å²) in [4.78, 5) is 27.5. The van der Waals surface area contributed by atoms with Crippen molar-refractivity contribution in [3.8, 4) is 0 Å². The highest BCUT2D eigenvalue weighted by Crippen LogP contribution is 2.35. The second-order valence-corrected chi connectivity index (χ2v) is 11.4. The third-order valence-corrected chi connectivity index (χ3v) is 7.41. The van der Waals surface area contributed by atoms with Gasteiger partial charge in [-0.3, -0.25) is 14.3 Å². The number of hydrogen-bond donors (Lipinski definition) is 3. The maximum absolute atomic E-state index is 14.0. The van der Waals surface area contributed by atoms with Crippen LogP contribution in [0.25, 0.3) is 0 Å². The highest BCUT2D eigenvalue weighted by Gasteiger charge is 2.41. The number of rotatable bonds is 11. The Morgan fingerprint density at radius 1 is 1.02 bits per heavy atom. The normalized spacial score (nSPS) is 15.0. The maximum atomic E-state index is 14.0. The zero-order valence-corrected chi connectivity index (χ0v) is 24.9. The van der Waals surface area contributed by atoms with Crippen LogP contribution in [-0.2, 0) is 37.2 Å². The first kappa shape index (κ1) is 30.3. The molecule has 1 aliphatic heterocycles. The van der Waals surface area contributed by atoms with E-state index in [1.165, 1.54) is 17.1 Å². The quantitative estimate of drug-likeness (QED) is 0.165. The second-order valence-electron chi connectivity index (χ2n) is 9.69. The lowest BCUT2D eigenvalue weighted by Crippen LogP contribution is -2.27. The van der Waals surface area contributed by atoms with Crippen LogP contribution in [0.5, 0.6) is 0 Å². The van der Waals surface area contributed by atoms with Crippen LogP contribution in [0.15, 0.2) is 83.6 Å². The summed E-state index contributed by atoms with van der Waals surface area (Å²) in [7, 11) is -3.48. The highest BCUT2D eigenvalue weighted by molar-refractivity contribution is 7.92. The van der Waals surface area contributed by atoms with Crippen molar-refractivity contribution in [3.63, 3.8) is 0 Å². The Hall–Kier alpha value is -4.64. The van der Waals surface area contributed by atoms with Gasteiger partial charge in [-0.15, -0.1) is 0 Å². The maximum Gasteiger partial charge on any atom is 0.319 e. The second kappa shape index (κ2) is 12.9. The van der Waals surface area contributed by atoms with Gasteiger partial charge in [0.2, 0.25) is 10.0 Å². The third-order valence-electron chi connectivity index (χ3n) is 6.80. The molecule has 4 rings (SSSR count). The fourth-order valence-corrected chi connectivity index (χ4v) is 5.44. The van der Waals surface area contributed by atoms with Gasteiger partial charge < -0.3 is 15.8 Å². The minimum atomic E-state index is -3.48. The molecule has 0 aliphatic carbocycles. The zero-order valence-electron chi connectivity index (χ0n) is 24.0. The van der Waals surface area contributed by atoms with Crippen LogP contribution in [0.2, 0.25) is 0 Å². The molecule has 0 spiro atoms. The molecule has 10 nitrogen and oxygen atoms in total. The molecule has 3 aromatic carbocycles. The predicted octanol–water partition coefficient (Wildman–Crippen LogP) is 4.81. The molecule has 1 aliphatic rings. The number of nitrogens with two attached hydrogens (primary N) is 1. The minimum Gasteiger partial charge on any atom is -0.465 e. The zero-order chi connectivity index (χ0) is 30.4. The van der Waals surface area contributed by atoms with Crippen molar-refractivity contribution >= 4 is 50.4 Å². The van der Waals surface area contributed by atoms with E-state index < -0.39 is 27.8 Å². The van der Waals surface area contributed by atoms with Gasteiger partial charge in [-0.05, 0) is 72.9 Å². The molecule has 4 N–H and O–H groups in total. The van der Waals surface area contributed by atoms with Crippen LogP contribution in [0.3, 0.4) is 0 Å². The van der Waals surface area contributed by atoms with Crippen LogP contribution in [-0.4, -0.2) is 38.9 Å². The molecule has 1 unspecified atom stereocenters. The summed E-state index contributed by atoms with van der Waals surface area (Å²) in [6.45, 7) is 5.83. The van der Waals surface area contributed by atoms with Gasteiger partial charge in [0.25, 0.3) is 5.91 Å². The van der Waals surface area contributed by atoms with E-state index in [4.69, 9.17) is 10.5 Å². The molecule has 3 aromatic rings. The number of amides is 1. The molecule has 1 amide bonds. The average molecular weight is 590 g/mol. The summed E-state index contributed by atoms with van der Waals surface area (Å²) in [6.07, 6.45) is 3.95. The number of nitrogens with zero attached hydrogens (tertiary/aromatic N) is 2. The highest BCUT2D eigenvalue weighted by atomic mass is 32.2. The first-order valence-corrected chi connectivity index (χ1v) is 15.6. The number of para-hydroxylation sites is 1. The van der Waals surface area contributed by atoms with Crippen LogP contribution in [0, 0.1) is 0 Å². The molecular weight excluding hydrogens is 554 g/mol. The number of aryl methyl sites for hydroxylation is 1. The largest absolute Gasteiger partial charge is 0.465 e. The van der Waals surface area contributed by atoms with Crippen molar-refractivity contribution in [1.29, 1.82) is 0 Å². The Morgan fingerprint density at radius 2 is 1.74 bits per heavy atom. The van der Waals surface area contributed by atoms with E-state index in [0.717, 1.165) is 29.5 Å². The summed E-state index contributed by atoms with van der Waals surface area (Å²) >= 11 is 0. The van der Waals surface area contributed by atoms with E-state index in [1.54, 1.807) is 43.5 Å². The van der Waals surface area contributed by atoms with Gasteiger partial charge in [-0.2, -0.15) is 10.1 Å². The van der Waals surface area contributed by atoms with Crippen molar-refractivity contribution < 1.29 is 22.7 Å². The van der Waals surface area contributed by atoms with Crippen molar-refractivity contribution in [1.82, 2.24) is 0 Å². The number of esters is 1. The molecule has 0 saturated carbocycles. The number of hydrazone groups is 1. The summed E-state index contributed by atoms with van der Waals surface area (Å²) in [6, 6.07) is 19.3. The average Bonchev–Trinajstić information content (AvgIpc) is 3.27. The Balaban J connectivity index is 1.86. The van der Waals surface area contributed by atoms with E-state index in [1.807, 2.05) is 38.1 Å². The summed E-state index contributed by atoms with van der Waals surface area (Å²) in [5.41, 5.74) is 11.2. The molecule has 220 valence electrons. The number of hydrogen-bond acceptors (Lipinski definition) is 8. The number of anilines is 4. The van der Waals surface area contributed by atoms with Gasteiger partial charge in [0.05, 0.1) is 29.8 Å². The smallest absolute Gasteiger partial charge is 0.319 e. The Morgan fingerprint density at radius 3 is 2.38 bits per heavy atom. The van der Waals surface area contributed by atoms with Crippen molar-refractivity contribution in [3.05, 3.63) is 95.2 Å². The molecule has 1 atom stereocenters. The van der Waals surface area contributed by atoms with Crippen LogP contribution >= 0.6 is 0 Å². The van der Waals surface area contributed by atoms with Crippen LogP contribution in [0.4, 0.5) is 22.7 Å². The number of carbonyl (C=O) groups is 2. The first-order chi connectivity index (χ1) is 20.1. The molecule has 0 saturated heterocycles. The molecule has 42 heavy (non-hydrogen) atoms. The molecule has 1 heterocycles. The molecule has 11 heteroatoms. The monoisotopic (exact) mass is 589 g/mol.